The average molecular weight is 257 g/mol. The summed E-state index contributed by atoms with van der Waals surface area (Å²) in [5, 5.41) is 3.33. The van der Waals surface area contributed by atoms with Crippen molar-refractivity contribution in [2.75, 3.05) is 6.54 Å². The van der Waals surface area contributed by atoms with Crippen molar-refractivity contribution in [1.29, 1.82) is 0 Å². The molecule has 2 rings (SSSR count). The molecule has 0 fully saturated rings. The van der Waals surface area contributed by atoms with Crippen molar-refractivity contribution >= 4 is 11.1 Å². The van der Waals surface area contributed by atoms with Crippen molar-refractivity contribution in [3.63, 3.8) is 0 Å². The molecule has 0 saturated heterocycles. The molecule has 1 nitrogen and oxygen atoms in total. The van der Waals surface area contributed by atoms with Crippen molar-refractivity contribution in [3.8, 4) is 0 Å². The van der Waals surface area contributed by atoms with E-state index in [1.807, 2.05) is 13.0 Å². The summed E-state index contributed by atoms with van der Waals surface area (Å²) in [5.41, 5.74) is 5.24. The van der Waals surface area contributed by atoms with Crippen molar-refractivity contribution in [2.24, 2.45) is 0 Å². The monoisotopic (exact) mass is 257 g/mol. The van der Waals surface area contributed by atoms with Gasteiger partial charge < -0.3 is 5.32 Å². The molecule has 1 N–H and O–H groups in total. The zero-order chi connectivity index (χ0) is 14.0. The van der Waals surface area contributed by atoms with Gasteiger partial charge in [0, 0.05) is 23.4 Å². The van der Waals surface area contributed by atoms with E-state index in [1.165, 1.54) is 11.6 Å². The molecule has 1 heterocycles. The van der Waals surface area contributed by atoms with Gasteiger partial charge in [0.1, 0.15) is 5.82 Å². The molecular weight excluding hydrogens is 237 g/mol. The molecule has 0 aromatic heterocycles. The fourth-order valence-electron chi connectivity index (χ4n) is 2.37. The Bertz CT molecular complexity index is 567. The molecule has 19 heavy (non-hydrogen) atoms. The molecule has 1 aliphatic heterocycles. The Labute approximate surface area is 114 Å². The van der Waals surface area contributed by atoms with Crippen molar-refractivity contribution in [1.82, 2.24) is 5.32 Å². The lowest BCUT2D eigenvalue weighted by atomic mass is 9.95. The number of allylic oxidation sites excluding steroid dienone is 3. The summed E-state index contributed by atoms with van der Waals surface area (Å²) < 4.78 is 14.2. The van der Waals surface area contributed by atoms with Crippen LogP contribution in [0.4, 0.5) is 4.39 Å². The Hall–Kier alpha value is -1.83. The standard InChI is InChI=1S/C17H20FN/c1-11(2)14-7-8-15(16(18)10-14)13(4)17-12(3)6-5-9-19-17/h7-8,10,19H,1,4-6,9H2,2-3H3. The lowest BCUT2D eigenvalue weighted by Gasteiger charge is -2.22. The topological polar surface area (TPSA) is 12.0 Å². The zero-order valence-corrected chi connectivity index (χ0v) is 11.6. The first-order chi connectivity index (χ1) is 9.00. The van der Waals surface area contributed by atoms with Crippen LogP contribution in [0, 0.1) is 5.82 Å². The highest BCUT2D eigenvalue weighted by atomic mass is 19.1. The number of nitrogens with one attached hydrogen (secondary N) is 1. The van der Waals surface area contributed by atoms with Gasteiger partial charge in [-0.2, -0.15) is 0 Å². The summed E-state index contributed by atoms with van der Waals surface area (Å²) >= 11 is 0. The van der Waals surface area contributed by atoms with Gasteiger partial charge in [0.15, 0.2) is 0 Å². The molecule has 1 aromatic carbocycles. The van der Waals surface area contributed by atoms with Crippen LogP contribution in [0.2, 0.25) is 0 Å². The molecule has 0 atom stereocenters. The van der Waals surface area contributed by atoms with Gasteiger partial charge in [-0.3, -0.25) is 0 Å². The van der Waals surface area contributed by atoms with Gasteiger partial charge >= 0.3 is 0 Å². The second-order valence-electron chi connectivity index (χ2n) is 5.14. The molecule has 0 radical (unpaired) electrons. The minimum Gasteiger partial charge on any atom is -0.385 e. The predicted molar refractivity (Wildman–Crippen MR) is 80.1 cm³/mol. The van der Waals surface area contributed by atoms with Gasteiger partial charge in [-0.15, -0.1) is 0 Å². The van der Waals surface area contributed by atoms with Gasteiger partial charge in [-0.25, -0.2) is 4.39 Å². The van der Waals surface area contributed by atoms with Crippen molar-refractivity contribution in [2.45, 2.75) is 26.7 Å². The highest BCUT2D eigenvalue weighted by Gasteiger charge is 2.15. The lowest BCUT2D eigenvalue weighted by Crippen LogP contribution is -2.22. The number of halogens is 1. The van der Waals surface area contributed by atoms with Crippen LogP contribution >= 0.6 is 0 Å². The van der Waals surface area contributed by atoms with Crippen molar-refractivity contribution in [3.05, 3.63) is 59.6 Å². The third kappa shape index (κ3) is 2.78. The molecule has 1 aromatic rings. The van der Waals surface area contributed by atoms with Gasteiger partial charge in [-0.1, -0.05) is 30.9 Å². The van der Waals surface area contributed by atoms with Gasteiger partial charge in [0.25, 0.3) is 0 Å². The number of benzene rings is 1. The smallest absolute Gasteiger partial charge is 0.131 e. The Balaban J connectivity index is 2.37. The first-order valence-electron chi connectivity index (χ1n) is 6.59. The zero-order valence-electron chi connectivity index (χ0n) is 11.6. The SMILES string of the molecule is C=C(C)c1ccc(C(=C)C2=C(C)CCCN2)c(F)c1. The normalized spacial score (nSPS) is 15.1. The summed E-state index contributed by atoms with van der Waals surface area (Å²) in [6.07, 6.45) is 2.17. The predicted octanol–water partition coefficient (Wildman–Crippen LogP) is 4.53. The Morgan fingerprint density at radius 3 is 2.63 bits per heavy atom. The molecule has 2 heteroatoms. The fraction of sp³-hybridized carbons (Fsp3) is 0.294. The molecule has 0 spiro atoms. The highest BCUT2D eigenvalue weighted by Crippen LogP contribution is 2.29. The van der Waals surface area contributed by atoms with Crippen LogP contribution < -0.4 is 5.32 Å². The summed E-state index contributed by atoms with van der Waals surface area (Å²) in [5.74, 6) is -0.238. The fourth-order valence-corrected chi connectivity index (χ4v) is 2.37. The minimum absolute atomic E-state index is 0.238. The van der Waals surface area contributed by atoms with Crippen LogP contribution in [-0.2, 0) is 0 Å². The third-order valence-corrected chi connectivity index (χ3v) is 3.55. The second-order valence-corrected chi connectivity index (χ2v) is 5.14. The van der Waals surface area contributed by atoms with E-state index in [2.05, 4.69) is 25.4 Å². The summed E-state index contributed by atoms with van der Waals surface area (Å²) in [6.45, 7) is 12.8. The number of hydrogen-bond donors (Lipinski definition) is 1. The van der Waals surface area contributed by atoms with E-state index in [0.717, 1.165) is 41.8 Å². The molecule has 100 valence electrons. The van der Waals surface area contributed by atoms with E-state index in [4.69, 9.17) is 0 Å². The van der Waals surface area contributed by atoms with Gasteiger partial charge in [0.05, 0.1) is 0 Å². The number of rotatable bonds is 3. The average Bonchev–Trinajstić information content (AvgIpc) is 2.38. The van der Waals surface area contributed by atoms with E-state index in [9.17, 15) is 4.39 Å². The Morgan fingerprint density at radius 1 is 1.32 bits per heavy atom. The summed E-state index contributed by atoms with van der Waals surface area (Å²) in [4.78, 5) is 0. The maximum atomic E-state index is 14.2. The largest absolute Gasteiger partial charge is 0.385 e. The van der Waals surface area contributed by atoms with Crippen LogP contribution in [0.5, 0.6) is 0 Å². The Kier molecular flexibility index (Phi) is 3.89. The summed E-state index contributed by atoms with van der Waals surface area (Å²) in [7, 11) is 0. The van der Waals surface area contributed by atoms with Crippen LogP contribution in [0.1, 0.15) is 37.8 Å². The maximum absolute atomic E-state index is 14.2. The quantitative estimate of drug-likeness (QED) is 0.839. The Morgan fingerprint density at radius 2 is 2.05 bits per heavy atom. The van der Waals surface area contributed by atoms with Crippen LogP contribution in [0.3, 0.4) is 0 Å². The summed E-state index contributed by atoms with van der Waals surface area (Å²) in [6, 6.07) is 5.21. The van der Waals surface area contributed by atoms with E-state index < -0.39 is 0 Å². The third-order valence-electron chi connectivity index (χ3n) is 3.55. The first kappa shape index (κ1) is 13.6. The van der Waals surface area contributed by atoms with E-state index in [-0.39, 0.29) is 5.82 Å². The van der Waals surface area contributed by atoms with E-state index in [0.29, 0.717) is 5.56 Å². The molecule has 0 saturated carbocycles. The molecule has 1 aliphatic rings. The maximum Gasteiger partial charge on any atom is 0.131 e. The molecule has 0 amide bonds. The molecular formula is C17H20FN. The van der Waals surface area contributed by atoms with Crippen molar-refractivity contribution < 1.29 is 4.39 Å². The van der Waals surface area contributed by atoms with Crippen LogP contribution in [-0.4, -0.2) is 6.54 Å². The molecule has 0 unspecified atom stereocenters. The van der Waals surface area contributed by atoms with Crippen LogP contribution in [0.25, 0.3) is 11.1 Å². The van der Waals surface area contributed by atoms with Gasteiger partial charge in [-0.05, 0) is 43.9 Å². The van der Waals surface area contributed by atoms with Gasteiger partial charge in [0.2, 0.25) is 0 Å². The minimum atomic E-state index is -0.238. The highest BCUT2D eigenvalue weighted by molar-refractivity contribution is 5.79. The van der Waals surface area contributed by atoms with Crippen LogP contribution in [0.15, 0.2) is 42.6 Å². The molecule has 0 bridgehead atoms. The number of hydrogen-bond acceptors (Lipinski definition) is 1. The lowest BCUT2D eigenvalue weighted by molar-refractivity contribution is 0.621. The second kappa shape index (κ2) is 5.43. The van der Waals surface area contributed by atoms with E-state index >= 15 is 0 Å². The molecule has 0 aliphatic carbocycles. The van der Waals surface area contributed by atoms with E-state index in [1.54, 1.807) is 6.07 Å². The first-order valence-corrected chi connectivity index (χ1v) is 6.59.